The van der Waals surface area contributed by atoms with E-state index in [1.54, 1.807) is 37.3 Å². The molecule has 2 aromatic rings. The van der Waals surface area contributed by atoms with Crippen LogP contribution in [0.5, 0.6) is 0 Å². The lowest BCUT2D eigenvalue weighted by atomic mass is 10.1. The standard InChI is InChI=1S/C15H15ClN2O2/c1-10-4-3-5-14(15(10)18(19)20)17-11(2)12-6-8-13(16)9-7-12/h3-9,11,17H,1-2H3. The maximum atomic E-state index is 11.2. The number of nitro groups is 1. The van der Waals surface area contributed by atoms with Crippen molar-refractivity contribution in [2.75, 3.05) is 5.32 Å². The number of nitro benzene ring substituents is 1. The molecule has 1 unspecified atom stereocenters. The molecule has 1 atom stereocenters. The highest BCUT2D eigenvalue weighted by molar-refractivity contribution is 6.30. The summed E-state index contributed by atoms with van der Waals surface area (Å²) in [5.41, 5.74) is 2.30. The number of benzene rings is 2. The second-order valence-corrected chi connectivity index (χ2v) is 5.08. The zero-order valence-corrected chi connectivity index (χ0v) is 12.0. The summed E-state index contributed by atoms with van der Waals surface area (Å²) in [5.74, 6) is 0. The first-order valence-corrected chi connectivity index (χ1v) is 6.63. The van der Waals surface area contributed by atoms with Crippen molar-refractivity contribution in [1.82, 2.24) is 0 Å². The van der Waals surface area contributed by atoms with Gasteiger partial charge in [-0.3, -0.25) is 10.1 Å². The van der Waals surface area contributed by atoms with Crippen molar-refractivity contribution in [3.8, 4) is 0 Å². The van der Waals surface area contributed by atoms with Crippen molar-refractivity contribution in [1.29, 1.82) is 0 Å². The molecule has 0 spiro atoms. The summed E-state index contributed by atoms with van der Waals surface area (Å²) >= 11 is 5.85. The van der Waals surface area contributed by atoms with E-state index in [1.807, 2.05) is 19.1 Å². The highest BCUT2D eigenvalue weighted by Gasteiger charge is 2.18. The van der Waals surface area contributed by atoms with E-state index in [9.17, 15) is 10.1 Å². The van der Waals surface area contributed by atoms with Gasteiger partial charge in [0, 0.05) is 16.6 Å². The van der Waals surface area contributed by atoms with E-state index < -0.39 is 0 Å². The zero-order valence-electron chi connectivity index (χ0n) is 11.3. The van der Waals surface area contributed by atoms with Crippen LogP contribution in [-0.4, -0.2) is 4.92 Å². The summed E-state index contributed by atoms with van der Waals surface area (Å²) in [4.78, 5) is 10.8. The van der Waals surface area contributed by atoms with Crippen molar-refractivity contribution in [3.63, 3.8) is 0 Å². The Morgan fingerprint density at radius 1 is 1.20 bits per heavy atom. The molecule has 5 heteroatoms. The van der Waals surface area contributed by atoms with Crippen LogP contribution in [0, 0.1) is 17.0 Å². The quantitative estimate of drug-likeness (QED) is 0.654. The first kappa shape index (κ1) is 14.3. The van der Waals surface area contributed by atoms with Gasteiger partial charge < -0.3 is 5.32 Å². The molecule has 0 heterocycles. The van der Waals surface area contributed by atoms with Gasteiger partial charge in [-0.15, -0.1) is 0 Å². The topological polar surface area (TPSA) is 55.2 Å². The number of rotatable bonds is 4. The Morgan fingerprint density at radius 2 is 1.85 bits per heavy atom. The molecule has 0 aromatic heterocycles. The minimum Gasteiger partial charge on any atom is -0.373 e. The normalized spacial score (nSPS) is 11.9. The fourth-order valence-electron chi connectivity index (χ4n) is 2.09. The first-order chi connectivity index (χ1) is 9.49. The summed E-state index contributed by atoms with van der Waals surface area (Å²) in [6.07, 6.45) is 0. The molecule has 0 aliphatic rings. The third kappa shape index (κ3) is 3.08. The van der Waals surface area contributed by atoms with Crippen molar-refractivity contribution in [2.24, 2.45) is 0 Å². The average Bonchev–Trinajstić information content (AvgIpc) is 2.39. The Balaban J connectivity index is 2.28. The van der Waals surface area contributed by atoms with Crippen LogP contribution in [0.25, 0.3) is 0 Å². The molecule has 0 bridgehead atoms. The molecular weight excluding hydrogens is 276 g/mol. The number of hydrogen-bond acceptors (Lipinski definition) is 3. The molecular formula is C15H15ClN2O2. The van der Waals surface area contributed by atoms with Crippen LogP contribution in [0.3, 0.4) is 0 Å². The lowest BCUT2D eigenvalue weighted by Gasteiger charge is -2.16. The Morgan fingerprint density at radius 3 is 2.45 bits per heavy atom. The number of halogens is 1. The number of aryl methyl sites for hydroxylation is 1. The van der Waals surface area contributed by atoms with Gasteiger partial charge in [0.2, 0.25) is 0 Å². The van der Waals surface area contributed by atoms with Gasteiger partial charge >= 0.3 is 0 Å². The Hall–Kier alpha value is -2.07. The third-order valence-electron chi connectivity index (χ3n) is 3.16. The summed E-state index contributed by atoms with van der Waals surface area (Å²) in [6, 6.07) is 12.6. The van der Waals surface area contributed by atoms with Crippen LogP contribution in [0.4, 0.5) is 11.4 Å². The van der Waals surface area contributed by atoms with E-state index in [2.05, 4.69) is 5.32 Å². The predicted molar refractivity (Wildman–Crippen MR) is 81.3 cm³/mol. The van der Waals surface area contributed by atoms with E-state index in [4.69, 9.17) is 11.6 Å². The third-order valence-corrected chi connectivity index (χ3v) is 3.41. The SMILES string of the molecule is Cc1cccc(NC(C)c2ccc(Cl)cc2)c1[N+](=O)[O-]. The molecule has 0 fully saturated rings. The van der Waals surface area contributed by atoms with Crippen LogP contribution in [0.2, 0.25) is 5.02 Å². The van der Waals surface area contributed by atoms with Crippen LogP contribution in [0.15, 0.2) is 42.5 Å². The minimum atomic E-state index is -0.355. The molecule has 1 N–H and O–H groups in total. The van der Waals surface area contributed by atoms with Gasteiger partial charge in [-0.1, -0.05) is 35.9 Å². The van der Waals surface area contributed by atoms with Gasteiger partial charge in [0.1, 0.15) is 5.69 Å². The lowest BCUT2D eigenvalue weighted by Crippen LogP contribution is -2.08. The van der Waals surface area contributed by atoms with Crippen molar-refractivity contribution >= 4 is 23.0 Å². The lowest BCUT2D eigenvalue weighted by molar-refractivity contribution is -0.384. The summed E-state index contributed by atoms with van der Waals surface area (Å²) in [5, 5.41) is 15.0. The Bertz CT molecular complexity index is 626. The van der Waals surface area contributed by atoms with Crippen LogP contribution in [0.1, 0.15) is 24.1 Å². The number of nitrogens with one attached hydrogen (secondary N) is 1. The predicted octanol–water partition coefficient (Wildman–Crippen LogP) is 4.73. The average molecular weight is 291 g/mol. The second kappa shape index (κ2) is 5.92. The molecule has 0 radical (unpaired) electrons. The Labute approximate surface area is 122 Å². The number of para-hydroxylation sites is 1. The maximum absolute atomic E-state index is 11.2. The first-order valence-electron chi connectivity index (χ1n) is 6.25. The molecule has 104 valence electrons. The van der Waals surface area contributed by atoms with Gasteiger partial charge in [-0.25, -0.2) is 0 Å². The van der Waals surface area contributed by atoms with E-state index in [0.717, 1.165) is 5.56 Å². The highest BCUT2D eigenvalue weighted by Crippen LogP contribution is 2.31. The van der Waals surface area contributed by atoms with Crippen molar-refractivity contribution < 1.29 is 4.92 Å². The second-order valence-electron chi connectivity index (χ2n) is 4.65. The summed E-state index contributed by atoms with van der Waals surface area (Å²) in [6.45, 7) is 3.69. The molecule has 2 rings (SSSR count). The maximum Gasteiger partial charge on any atom is 0.295 e. The van der Waals surface area contributed by atoms with Crippen molar-refractivity contribution in [3.05, 3.63) is 68.7 Å². The van der Waals surface area contributed by atoms with Gasteiger partial charge in [0.15, 0.2) is 0 Å². The molecule has 0 amide bonds. The number of nitrogens with zero attached hydrogens (tertiary/aromatic N) is 1. The highest BCUT2D eigenvalue weighted by atomic mass is 35.5. The molecule has 0 aliphatic carbocycles. The van der Waals surface area contributed by atoms with Gasteiger partial charge in [-0.2, -0.15) is 0 Å². The van der Waals surface area contributed by atoms with Gasteiger partial charge in [0.25, 0.3) is 5.69 Å². The van der Waals surface area contributed by atoms with Crippen molar-refractivity contribution in [2.45, 2.75) is 19.9 Å². The van der Waals surface area contributed by atoms with E-state index in [1.165, 1.54) is 0 Å². The monoisotopic (exact) mass is 290 g/mol. The fraction of sp³-hybridized carbons (Fsp3) is 0.200. The van der Waals surface area contributed by atoms with Gasteiger partial charge in [0.05, 0.1) is 4.92 Å². The van der Waals surface area contributed by atoms with E-state index in [-0.39, 0.29) is 16.7 Å². The molecule has 2 aromatic carbocycles. The Kier molecular flexibility index (Phi) is 4.25. The van der Waals surface area contributed by atoms with Crippen LogP contribution in [-0.2, 0) is 0 Å². The summed E-state index contributed by atoms with van der Waals surface area (Å²) < 4.78 is 0. The number of hydrogen-bond donors (Lipinski definition) is 1. The molecule has 0 aliphatic heterocycles. The largest absolute Gasteiger partial charge is 0.373 e. The molecule has 0 saturated carbocycles. The van der Waals surface area contributed by atoms with Crippen LogP contribution >= 0.6 is 11.6 Å². The summed E-state index contributed by atoms with van der Waals surface area (Å²) in [7, 11) is 0. The smallest absolute Gasteiger partial charge is 0.295 e. The molecule has 20 heavy (non-hydrogen) atoms. The fourth-order valence-corrected chi connectivity index (χ4v) is 2.21. The van der Waals surface area contributed by atoms with E-state index in [0.29, 0.717) is 16.3 Å². The van der Waals surface area contributed by atoms with Gasteiger partial charge in [-0.05, 0) is 37.6 Å². The van der Waals surface area contributed by atoms with Crippen LogP contribution < -0.4 is 5.32 Å². The zero-order chi connectivity index (χ0) is 14.7. The number of anilines is 1. The molecule has 4 nitrogen and oxygen atoms in total. The minimum absolute atomic E-state index is 0.0484. The van der Waals surface area contributed by atoms with E-state index >= 15 is 0 Å². The molecule has 0 saturated heterocycles.